The molecule has 112 valence electrons. The monoisotopic (exact) mass is 286 g/mol. The molecule has 1 aromatic carbocycles. The van der Waals surface area contributed by atoms with Gasteiger partial charge in [0.25, 0.3) is 0 Å². The van der Waals surface area contributed by atoms with E-state index in [9.17, 15) is 10.2 Å². The number of phenols is 1. The first-order valence-corrected chi connectivity index (χ1v) is 7.25. The fourth-order valence-electron chi connectivity index (χ4n) is 2.41. The molecule has 0 saturated heterocycles. The van der Waals surface area contributed by atoms with Crippen molar-refractivity contribution in [1.82, 2.24) is 9.88 Å². The minimum atomic E-state index is 0.0781. The Morgan fingerprint density at radius 1 is 1.14 bits per heavy atom. The maximum atomic E-state index is 9.60. The van der Waals surface area contributed by atoms with E-state index in [1.165, 1.54) is 0 Å². The van der Waals surface area contributed by atoms with Gasteiger partial charge < -0.3 is 10.2 Å². The second kappa shape index (κ2) is 7.76. The number of aliphatic hydroxyl groups is 1. The van der Waals surface area contributed by atoms with Crippen molar-refractivity contribution in [2.45, 2.75) is 32.5 Å². The van der Waals surface area contributed by atoms with Crippen LogP contribution in [0.5, 0.6) is 5.75 Å². The van der Waals surface area contributed by atoms with E-state index in [0.717, 1.165) is 17.7 Å². The van der Waals surface area contributed by atoms with Crippen LogP contribution in [0.1, 0.15) is 24.6 Å². The molecule has 0 radical (unpaired) electrons. The highest BCUT2D eigenvalue weighted by Gasteiger charge is 2.17. The van der Waals surface area contributed by atoms with Crippen LogP contribution in [0.15, 0.2) is 48.7 Å². The van der Waals surface area contributed by atoms with E-state index in [0.29, 0.717) is 13.1 Å². The predicted octanol–water partition coefficient (Wildman–Crippen LogP) is 2.56. The van der Waals surface area contributed by atoms with Crippen molar-refractivity contribution in [1.29, 1.82) is 0 Å². The third kappa shape index (κ3) is 4.55. The standard InChI is InChI=1S/C17H22N2O2/c1-2-16(13-20)19(12-15-7-3-4-9-18-15)11-14-6-5-8-17(21)10-14/h3-10,16,20-21H,2,11-13H2,1H3/t16-/m1/s1. The van der Waals surface area contributed by atoms with E-state index < -0.39 is 0 Å². The van der Waals surface area contributed by atoms with E-state index in [1.54, 1.807) is 18.3 Å². The molecule has 0 fully saturated rings. The van der Waals surface area contributed by atoms with Gasteiger partial charge in [0.05, 0.1) is 12.3 Å². The quantitative estimate of drug-likeness (QED) is 0.821. The summed E-state index contributed by atoms with van der Waals surface area (Å²) in [5, 5.41) is 19.2. The van der Waals surface area contributed by atoms with Crippen molar-refractivity contribution in [3.05, 3.63) is 59.9 Å². The van der Waals surface area contributed by atoms with E-state index in [2.05, 4.69) is 16.8 Å². The summed E-state index contributed by atoms with van der Waals surface area (Å²) >= 11 is 0. The first kappa shape index (κ1) is 15.5. The summed E-state index contributed by atoms with van der Waals surface area (Å²) < 4.78 is 0. The number of hydrogen-bond donors (Lipinski definition) is 2. The number of rotatable bonds is 7. The van der Waals surface area contributed by atoms with E-state index in [-0.39, 0.29) is 18.4 Å². The predicted molar refractivity (Wildman–Crippen MR) is 82.8 cm³/mol. The molecule has 0 saturated carbocycles. The van der Waals surface area contributed by atoms with Crippen LogP contribution < -0.4 is 0 Å². The van der Waals surface area contributed by atoms with Gasteiger partial charge in [-0.3, -0.25) is 9.88 Å². The molecule has 2 N–H and O–H groups in total. The Bertz CT molecular complexity index is 541. The van der Waals surface area contributed by atoms with Gasteiger partial charge in [0.1, 0.15) is 5.75 Å². The molecular formula is C17H22N2O2. The summed E-state index contributed by atoms with van der Waals surface area (Å²) in [6.45, 7) is 3.52. The Morgan fingerprint density at radius 3 is 2.62 bits per heavy atom. The minimum Gasteiger partial charge on any atom is -0.508 e. The number of nitrogens with zero attached hydrogens (tertiary/aromatic N) is 2. The first-order valence-electron chi connectivity index (χ1n) is 7.25. The molecule has 0 aliphatic heterocycles. The number of hydrogen-bond acceptors (Lipinski definition) is 4. The smallest absolute Gasteiger partial charge is 0.115 e. The fourth-order valence-corrected chi connectivity index (χ4v) is 2.41. The maximum Gasteiger partial charge on any atom is 0.115 e. The lowest BCUT2D eigenvalue weighted by Gasteiger charge is -2.29. The Morgan fingerprint density at radius 2 is 2.00 bits per heavy atom. The third-order valence-electron chi connectivity index (χ3n) is 3.59. The van der Waals surface area contributed by atoms with E-state index >= 15 is 0 Å². The number of pyridine rings is 1. The molecule has 1 atom stereocenters. The number of aromatic nitrogens is 1. The third-order valence-corrected chi connectivity index (χ3v) is 3.59. The lowest BCUT2D eigenvalue weighted by molar-refractivity contribution is 0.105. The molecule has 21 heavy (non-hydrogen) atoms. The number of phenolic OH excluding ortho intramolecular Hbond substituents is 1. The van der Waals surface area contributed by atoms with Gasteiger partial charge in [0, 0.05) is 25.3 Å². The summed E-state index contributed by atoms with van der Waals surface area (Å²) in [4.78, 5) is 6.55. The molecule has 2 aromatic rings. The largest absolute Gasteiger partial charge is 0.508 e. The average molecular weight is 286 g/mol. The minimum absolute atomic E-state index is 0.0781. The molecule has 0 unspecified atom stereocenters. The lowest BCUT2D eigenvalue weighted by atomic mass is 10.1. The molecule has 0 amide bonds. The van der Waals surface area contributed by atoms with Crippen LogP contribution in [-0.2, 0) is 13.1 Å². The van der Waals surface area contributed by atoms with E-state index in [1.807, 2.05) is 30.3 Å². The van der Waals surface area contributed by atoms with Crippen LogP contribution >= 0.6 is 0 Å². The van der Waals surface area contributed by atoms with Gasteiger partial charge in [0.15, 0.2) is 0 Å². The van der Waals surface area contributed by atoms with Gasteiger partial charge in [-0.2, -0.15) is 0 Å². The van der Waals surface area contributed by atoms with Gasteiger partial charge in [-0.15, -0.1) is 0 Å². The average Bonchev–Trinajstić information content (AvgIpc) is 2.49. The Balaban J connectivity index is 2.15. The maximum absolute atomic E-state index is 9.60. The normalized spacial score (nSPS) is 12.5. The highest BCUT2D eigenvalue weighted by Crippen LogP contribution is 2.17. The number of aromatic hydroxyl groups is 1. The number of aliphatic hydroxyl groups excluding tert-OH is 1. The fraction of sp³-hybridized carbons (Fsp3) is 0.353. The van der Waals surface area contributed by atoms with Crippen LogP contribution in [0.4, 0.5) is 0 Å². The van der Waals surface area contributed by atoms with Gasteiger partial charge >= 0.3 is 0 Å². The van der Waals surface area contributed by atoms with Crippen molar-refractivity contribution < 1.29 is 10.2 Å². The highest BCUT2D eigenvalue weighted by molar-refractivity contribution is 5.27. The van der Waals surface area contributed by atoms with Crippen LogP contribution in [0, 0.1) is 0 Å². The molecule has 4 heteroatoms. The number of benzene rings is 1. The second-order valence-corrected chi connectivity index (χ2v) is 5.14. The Labute approximate surface area is 125 Å². The zero-order valence-electron chi connectivity index (χ0n) is 12.3. The van der Waals surface area contributed by atoms with Gasteiger partial charge in [-0.1, -0.05) is 25.1 Å². The topological polar surface area (TPSA) is 56.6 Å². The lowest BCUT2D eigenvalue weighted by Crippen LogP contribution is -2.36. The molecule has 4 nitrogen and oxygen atoms in total. The van der Waals surface area contributed by atoms with Crippen LogP contribution in [0.2, 0.25) is 0 Å². The Kier molecular flexibility index (Phi) is 5.72. The zero-order chi connectivity index (χ0) is 15.1. The van der Waals surface area contributed by atoms with Gasteiger partial charge in [-0.25, -0.2) is 0 Å². The summed E-state index contributed by atoms with van der Waals surface area (Å²) in [6, 6.07) is 13.2. The van der Waals surface area contributed by atoms with Crippen molar-refractivity contribution in [3.8, 4) is 5.75 Å². The van der Waals surface area contributed by atoms with Crippen molar-refractivity contribution in [3.63, 3.8) is 0 Å². The molecule has 0 bridgehead atoms. The summed E-state index contributed by atoms with van der Waals surface area (Å²) in [7, 11) is 0. The Hall–Kier alpha value is -1.91. The van der Waals surface area contributed by atoms with E-state index in [4.69, 9.17) is 0 Å². The van der Waals surface area contributed by atoms with Crippen LogP contribution in [-0.4, -0.2) is 32.7 Å². The molecule has 2 rings (SSSR count). The molecular weight excluding hydrogens is 264 g/mol. The molecule has 0 spiro atoms. The van der Waals surface area contributed by atoms with Crippen molar-refractivity contribution in [2.75, 3.05) is 6.61 Å². The first-order chi connectivity index (χ1) is 10.2. The summed E-state index contributed by atoms with van der Waals surface area (Å²) in [5.41, 5.74) is 2.00. The summed E-state index contributed by atoms with van der Waals surface area (Å²) in [6.07, 6.45) is 2.64. The van der Waals surface area contributed by atoms with Crippen molar-refractivity contribution >= 4 is 0 Å². The van der Waals surface area contributed by atoms with Crippen LogP contribution in [0.3, 0.4) is 0 Å². The zero-order valence-corrected chi connectivity index (χ0v) is 12.3. The van der Waals surface area contributed by atoms with Crippen LogP contribution in [0.25, 0.3) is 0 Å². The molecule has 1 aromatic heterocycles. The molecule has 0 aliphatic carbocycles. The summed E-state index contributed by atoms with van der Waals surface area (Å²) in [5.74, 6) is 0.266. The van der Waals surface area contributed by atoms with Gasteiger partial charge in [0.2, 0.25) is 0 Å². The molecule has 1 heterocycles. The molecule has 0 aliphatic rings. The second-order valence-electron chi connectivity index (χ2n) is 5.14. The van der Waals surface area contributed by atoms with Crippen molar-refractivity contribution in [2.24, 2.45) is 0 Å². The van der Waals surface area contributed by atoms with Gasteiger partial charge in [-0.05, 0) is 36.2 Å². The SMILES string of the molecule is CC[C@H](CO)N(Cc1cccc(O)c1)Cc1ccccn1. The highest BCUT2D eigenvalue weighted by atomic mass is 16.3.